The molecule has 0 radical (unpaired) electrons. The molecule has 1 atom stereocenters. The highest BCUT2D eigenvalue weighted by Crippen LogP contribution is 2.23. The Morgan fingerprint density at radius 3 is 2.33 bits per heavy atom. The summed E-state index contributed by atoms with van der Waals surface area (Å²) in [6.45, 7) is 4.48. The van der Waals surface area contributed by atoms with Crippen molar-refractivity contribution in [2.24, 2.45) is 5.92 Å². The summed E-state index contributed by atoms with van der Waals surface area (Å²) in [6, 6.07) is 15.5. The Kier molecular flexibility index (Phi) is 10.8. The van der Waals surface area contributed by atoms with Gasteiger partial charge < -0.3 is 16.2 Å². The molecule has 0 saturated carbocycles. The van der Waals surface area contributed by atoms with Crippen LogP contribution in [-0.2, 0) is 21.2 Å². The largest absolute Gasteiger partial charge is 0.399 e. The van der Waals surface area contributed by atoms with E-state index in [2.05, 4.69) is 5.32 Å². The first-order valence-corrected chi connectivity index (χ1v) is 13.0. The summed E-state index contributed by atoms with van der Waals surface area (Å²) in [4.78, 5) is 12.2. The van der Waals surface area contributed by atoms with Gasteiger partial charge in [0.15, 0.2) is 0 Å². The molecule has 182 valence electrons. The number of aliphatic hydroxyl groups excluding tert-OH is 1. The number of rotatable bonds is 14. The van der Waals surface area contributed by atoms with Crippen LogP contribution < -0.4 is 11.1 Å². The maximum Gasteiger partial charge on any atom is 0.243 e. The minimum Gasteiger partial charge on any atom is -0.399 e. The number of nitrogens with zero attached hydrogens (tertiary/aromatic N) is 1. The SMILES string of the molecule is CC(C)CN([C@H](CO)CCCCNC(=O)CCc1ccccc1)S(=O)(=O)c1ccc(N)cc1. The second-order valence-corrected chi connectivity index (χ2v) is 10.6. The minimum atomic E-state index is -3.77. The van der Waals surface area contributed by atoms with Crippen molar-refractivity contribution < 1.29 is 18.3 Å². The van der Waals surface area contributed by atoms with E-state index in [4.69, 9.17) is 5.73 Å². The van der Waals surface area contributed by atoms with Crippen molar-refractivity contribution in [2.45, 2.75) is 56.9 Å². The molecule has 0 bridgehead atoms. The van der Waals surface area contributed by atoms with Crippen LogP contribution in [0.3, 0.4) is 0 Å². The minimum absolute atomic E-state index is 0.00456. The molecule has 2 rings (SSSR count). The van der Waals surface area contributed by atoms with Crippen LogP contribution in [0.25, 0.3) is 0 Å². The third kappa shape index (κ3) is 8.79. The molecule has 0 aliphatic heterocycles. The lowest BCUT2D eigenvalue weighted by molar-refractivity contribution is -0.121. The van der Waals surface area contributed by atoms with E-state index in [1.54, 1.807) is 12.1 Å². The second-order valence-electron chi connectivity index (χ2n) is 8.71. The molecule has 0 aliphatic rings. The Morgan fingerprint density at radius 2 is 1.73 bits per heavy atom. The lowest BCUT2D eigenvalue weighted by Gasteiger charge is -2.31. The van der Waals surface area contributed by atoms with Gasteiger partial charge in [0.1, 0.15) is 0 Å². The quantitative estimate of drug-likeness (QED) is 0.287. The van der Waals surface area contributed by atoms with Gasteiger partial charge in [-0.2, -0.15) is 4.31 Å². The lowest BCUT2D eigenvalue weighted by atomic mass is 10.1. The zero-order valence-corrected chi connectivity index (χ0v) is 20.4. The molecule has 0 aliphatic carbocycles. The fourth-order valence-electron chi connectivity index (χ4n) is 3.63. The van der Waals surface area contributed by atoms with Crippen LogP contribution in [0.4, 0.5) is 5.69 Å². The predicted octanol–water partition coefficient (Wildman–Crippen LogP) is 3.20. The van der Waals surface area contributed by atoms with E-state index in [-0.39, 0.29) is 23.3 Å². The van der Waals surface area contributed by atoms with Gasteiger partial charge in [0.05, 0.1) is 11.5 Å². The van der Waals surface area contributed by atoms with Crippen molar-refractivity contribution in [1.29, 1.82) is 0 Å². The van der Waals surface area contributed by atoms with E-state index in [0.717, 1.165) is 5.56 Å². The highest BCUT2D eigenvalue weighted by Gasteiger charge is 2.31. The van der Waals surface area contributed by atoms with Crippen LogP contribution in [-0.4, -0.2) is 49.5 Å². The number of benzene rings is 2. The summed E-state index contributed by atoms with van der Waals surface area (Å²) in [7, 11) is -3.77. The van der Waals surface area contributed by atoms with Gasteiger partial charge in [-0.05, 0) is 55.0 Å². The van der Waals surface area contributed by atoms with Crippen LogP contribution in [0.2, 0.25) is 0 Å². The average molecular weight is 476 g/mol. The standard InChI is InChI=1S/C25H37N3O4S/c1-20(2)18-28(33(31,32)24-14-12-22(26)13-15-24)23(19-29)10-6-7-17-27-25(30)16-11-21-8-4-3-5-9-21/h3-5,8-9,12-15,20,23,29H,6-7,10-11,16-19,26H2,1-2H3,(H,27,30)/t23-/m0/s1. The zero-order valence-electron chi connectivity index (χ0n) is 19.6. The zero-order chi connectivity index (χ0) is 24.3. The summed E-state index contributed by atoms with van der Waals surface area (Å²) in [6.07, 6.45) is 3.05. The first-order valence-electron chi connectivity index (χ1n) is 11.5. The molecule has 0 saturated heterocycles. The summed E-state index contributed by atoms with van der Waals surface area (Å²) in [5, 5.41) is 12.9. The number of nitrogens with two attached hydrogens (primary N) is 1. The lowest BCUT2D eigenvalue weighted by Crippen LogP contribution is -2.44. The maximum atomic E-state index is 13.3. The number of carbonyl (C=O) groups is 1. The molecule has 2 aromatic carbocycles. The van der Waals surface area contributed by atoms with E-state index in [9.17, 15) is 18.3 Å². The van der Waals surface area contributed by atoms with Crippen LogP contribution >= 0.6 is 0 Å². The topological polar surface area (TPSA) is 113 Å². The van der Waals surface area contributed by atoms with Gasteiger partial charge in [0.2, 0.25) is 15.9 Å². The van der Waals surface area contributed by atoms with Gasteiger partial charge in [-0.25, -0.2) is 8.42 Å². The number of amides is 1. The molecule has 4 N–H and O–H groups in total. The Morgan fingerprint density at radius 1 is 1.06 bits per heavy atom. The number of carbonyl (C=O) groups excluding carboxylic acids is 1. The number of nitrogen functional groups attached to an aromatic ring is 1. The van der Waals surface area contributed by atoms with E-state index in [1.165, 1.54) is 16.4 Å². The Balaban J connectivity index is 1.86. The van der Waals surface area contributed by atoms with Crippen molar-refractivity contribution >= 4 is 21.6 Å². The summed E-state index contributed by atoms with van der Waals surface area (Å²) >= 11 is 0. The summed E-state index contributed by atoms with van der Waals surface area (Å²) in [5.74, 6) is 0.108. The number of sulfonamides is 1. The normalized spacial score (nSPS) is 12.8. The van der Waals surface area contributed by atoms with Crippen LogP contribution in [0.15, 0.2) is 59.5 Å². The number of aliphatic hydroxyl groups is 1. The molecule has 0 spiro atoms. The molecule has 0 fully saturated rings. The number of hydrogen-bond acceptors (Lipinski definition) is 5. The number of hydrogen-bond donors (Lipinski definition) is 3. The van der Waals surface area contributed by atoms with Gasteiger partial charge >= 0.3 is 0 Å². The maximum absolute atomic E-state index is 13.3. The molecule has 1 amide bonds. The monoisotopic (exact) mass is 475 g/mol. The third-order valence-corrected chi connectivity index (χ3v) is 7.35. The summed E-state index contributed by atoms with van der Waals surface area (Å²) in [5.41, 5.74) is 7.32. The molecule has 33 heavy (non-hydrogen) atoms. The van der Waals surface area contributed by atoms with E-state index in [1.807, 2.05) is 44.2 Å². The average Bonchev–Trinajstić information content (AvgIpc) is 2.79. The van der Waals surface area contributed by atoms with Crippen molar-refractivity contribution in [3.63, 3.8) is 0 Å². The van der Waals surface area contributed by atoms with E-state index >= 15 is 0 Å². The number of aryl methyl sites for hydroxylation is 1. The Hall–Kier alpha value is -2.42. The Labute approximate surface area is 198 Å². The van der Waals surface area contributed by atoms with Crippen molar-refractivity contribution in [2.75, 3.05) is 25.4 Å². The fourth-order valence-corrected chi connectivity index (χ4v) is 5.44. The molecule has 0 aromatic heterocycles. The molecular formula is C25H37N3O4S. The molecule has 8 heteroatoms. The van der Waals surface area contributed by atoms with Gasteiger partial charge in [0, 0.05) is 31.2 Å². The van der Waals surface area contributed by atoms with Crippen molar-refractivity contribution in [3.8, 4) is 0 Å². The first kappa shape index (κ1) is 26.8. The van der Waals surface area contributed by atoms with Crippen molar-refractivity contribution in [3.05, 3.63) is 60.2 Å². The van der Waals surface area contributed by atoms with Crippen LogP contribution in [0.1, 0.15) is 45.1 Å². The van der Waals surface area contributed by atoms with E-state index in [0.29, 0.717) is 50.9 Å². The van der Waals surface area contributed by atoms with Gasteiger partial charge in [-0.1, -0.05) is 50.6 Å². The predicted molar refractivity (Wildman–Crippen MR) is 132 cm³/mol. The van der Waals surface area contributed by atoms with Gasteiger partial charge in [-0.3, -0.25) is 4.79 Å². The van der Waals surface area contributed by atoms with Gasteiger partial charge in [0.25, 0.3) is 0 Å². The summed E-state index contributed by atoms with van der Waals surface area (Å²) < 4.78 is 27.9. The van der Waals surface area contributed by atoms with Gasteiger partial charge in [-0.15, -0.1) is 0 Å². The highest BCUT2D eigenvalue weighted by atomic mass is 32.2. The first-order chi connectivity index (χ1) is 15.7. The Bertz CT molecular complexity index is 947. The second kappa shape index (κ2) is 13.3. The molecule has 0 heterocycles. The molecule has 7 nitrogen and oxygen atoms in total. The third-order valence-electron chi connectivity index (χ3n) is 5.42. The smallest absolute Gasteiger partial charge is 0.243 e. The molecule has 0 unspecified atom stereocenters. The number of nitrogens with one attached hydrogen (secondary N) is 1. The van der Waals surface area contributed by atoms with E-state index < -0.39 is 16.1 Å². The molecule has 2 aromatic rings. The molecular weight excluding hydrogens is 438 g/mol. The van der Waals surface area contributed by atoms with Crippen molar-refractivity contribution in [1.82, 2.24) is 9.62 Å². The van der Waals surface area contributed by atoms with Crippen LogP contribution in [0.5, 0.6) is 0 Å². The number of unbranched alkanes of at least 4 members (excludes halogenated alkanes) is 1. The highest BCUT2D eigenvalue weighted by molar-refractivity contribution is 7.89. The number of anilines is 1. The van der Waals surface area contributed by atoms with Crippen LogP contribution in [0, 0.1) is 5.92 Å². The fraction of sp³-hybridized carbons (Fsp3) is 0.480.